The molecule has 29 heavy (non-hydrogen) atoms. The number of para-hydroxylation sites is 1. The summed E-state index contributed by atoms with van der Waals surface area (Å²) in [5, 5.41) is 1.16. The van der Waals surface area contributed by atoms with Crippen LogP contribution < -0.4 is 4.90 Å². The average Bonchev–Trinajstić information content (AvgIpc) is 3.09. The van der Waals surface area contributed by atoms with E-state index in [0.29, 0.717) is 13.2 Å². The van der Waals surface area contributed by atoms with Gasteiger partial charge in [-0.15, -0.1) is 0 Å². The molecule has 7 heteroatoms. The number of nitrogens with zero attached hydrogens (tertiary/aromatic N) is 6. The third-order valence-electron chi connectivity index (χ3n) is 5.65. The van der Waals surface area contributed by atoms with Crippen LogP contribution in [0.15, 0.2) is 24.3 Å². The van der Waals surface area contributed by atoms with Crippen LogP contribution >= 0.6 is 0 Å². The second kappa shape index (κ2) is 8.65. The Balaban J connectivity index is 1.90. The molecule has 0 spiro atoms. The van der Waals surface area contributed by atoms with Crippen LogP contribution in [-0.2, 0) is 17.9 Å². The molecule has 1 saturated heterocycles. The lowest BCUT2D eigenvalue weighted by molar-refractivity contribution is 0.125. The van der Waals surface area contributed by atoms with Gasteiger partial charge in [0, 0.05) is 51.3 Å². The Kier molecular flexibility index (Phi) is 5.99. The molecular formula is C22H32N6O. The first-order valence-corrected chi connectivity index (χ1v) is 10.5. The Bertz CT molecular complexity index is 974. The summed E-state index contributed by atoms with van der Waals surface area (Å²) in [5.74, 6) is 1.99. The Morgan fingerprint density at radius 1 is 1.07 bits per heavy atom. The molecule has 0 N–H and O–H groups in total. The van der Waals surface area contributed by atoms with Crippen molar-refractivity contribution in [1.82, 2.24) is 24.3 Å². The van der Waals surface area contributed by atoms with Crippen molar-refractivity contribution in [3.8, 4) is 0 Å². The monoisotopic (exact) mass is 396 g/mol. The summed E-state index contributed by atoms with van der Waals surface area (Å²) < 4.78 is 8.11. The van der Waals surface area contributed by atoms with Crippen LogP contribution in [0.25, 0.3) is 21.9 Å². The van der Waals surface area contributed by atoms with Crippen molar-refractivity contribution in [1.29, 1.82) is 0 Å². The van der Waals surface area contributed by atoms with Crippen LogP contribution in [0.1, 0.15) is 12.7 Å². The summed E-state index contributed by atoms with van der Waals surface area (Å²) in [6.45, 7) is 9.10. The number of ether oxygens (including phenoxy) is 1. The molecule has 156 valence electrons. The molecule has 3 aromatic rings. The number of hydrogen-bond donors (Lipinski definition) is 0. The fourth-order valence-corrected chi connectivity index (χ4v) is 3.95. The number of likely N-dealkylation sites (N-methyl/N-ethyl adjacent to an activating group) is 2. The van der Waals surface area contributed by atoms with Crippen molar-refractivity contribution in [2.75, 3.05) is 65.4 Å². The summed E-state index contributed by atoms with van der Waals surface area (Å²) in [7, 11) is 6.39. The van der Waals surface area contributed by atoms with E-state index in [2.05, 4.69) is 64.7 Å². The van der Waals surface area contributed by atoms with Gasteiger partial charge < -0.3 is 24.0 Å². The summed E-state index contributed by atoms with van der Waals surface area (Å²) >= 11 is 0. The van der Waals surface area contributed by atoms with Gasteiger partial charge in [0.05, 0.1) is 11.0 Å². The van der Waals surface area contributed by atoms with Crippen LogP contribution in [0.5, 0.6) is 0 Å². The average molecular weight is 397 g/mol. The first-order chi connectivity index (χ1) is 14.1. The lowest BCUT2D eigenvalue weighted by Crippen LogP contribution is -2.44. The van der Waals surface area contributed by atoms with E-state index in [1.165, 1.54) is 5.52 Å². The van der Waals surface area contributed by atoms with Crippen LogP contribution in [-0.4, -0.2) is 84.8 Å². The maximum atomic E-state index is 5.77. The molecule has 0 aliphatic carbocycles. The Labute approximate surface area is 172 Å². The van der Waals surface area contributed by atoms with E-state index < -0.39 is 0 Å². The van der Waals surface area contributed by atoms with Gasteiger partial charge in [-0.05, 0) is 34.1 Å². The van der Waals surface area contributed by atoms with Gasteiger partial charge in [-0.1, -0.05) is 18.2 Å². The SMILES string of the molecule is CCOCc1nc2c(N3CCN(C)CC3)nc3ccccc3c2n1CCN(C)C. The topological polar surface area (TPSA) is 49.7 Å². The summed E-state index contributed by atoms with van der Waals surface area (Å²) in [6, 6.07) is 8.43. The lowest BCUT2D eigenvalue weighted by Gasteiger charge is -2.33. The van der Waals surface area contributed by atoms with Crippen molar-refractivity contribution in [3.05, 3.63) is 30.1 Å². The van der Waals surface area contributed by atoms with E-state index in [0.717, 1.165) is 67.3 Å². The maximum Gasteiger partial charge on any atom is 0.157 e. The number of aromatic nitrogens is 3. The Morgan fingerprint density at radius 3 is 2.55 bits per heavy atom. The number of piperazine rings is 1. The molecule has 3 heterocycles. The van der Waals surface area contributed by atoms with E-state index in [1.807, 2.05) is 6.92 Å². The molecule has 1 aliphatic rings. The molecular weight excluding hydrogens is 364 g/mol. The van der Waals surface area contributed by atoms with E-state index in [4.69, 9.17) is 14.7 Å². The van der Waals surface area contributed by atoms with E-state index in [9.17, 15) is 0 Å². The maximum absolute atomic E-state index is 5.77. The smallest absolute Gasteiger partial charge is 0.157 e. The molecule has 1 aliphatic heterocycles. The third-order valence-corrected chi connectivity index (χ3v) is 5.65. The minimum atomic E-state index is 0.523. The van der Waals surface area contributed by atoms with Crippen LogP contribution in [0.3, 0.4) is 0 Å². The number of rotatable bonds is 7. The predicted molar refractivity (Wildman–Crippen MR) is 119 cm³/mol. The Hall–Kier alpha value is -2.22. The molecule has 4 rings (SSSR count). The van der Waals surface area contributed by atoms with Crippen molar-refractivity contribution in [3.63, 3.8) is 0 Å². The molecule has 0 saturated carbocycles. The van der Waals surface area contributed by atoms with E-state index in [-0.39, 0.29) is 0 Å². The van der Waals surface area contributed by atoms with E-state index in [1.54, 1.807) is 0 Å². The van der Waals surface area contributed by atoms with Gasteiger partial charge in [-0.25, -0.2) is 9.97 Å². The molecule has 0 radical (unpaired) electrons. The zero-order valence-electron chi connectivity index (χ0n) is 18.1. The Morgan fingerprint density at radius 2 is 1.83 bits per heavy atom. The van der Waals surface area contributed by atoms with Gasteiger partial charge in [0.2, 0.25) is 0 Å². The summed E-state index contributed by atoms with van der Waals surface area (Å²) in [4.78, 5) is 17.1. The highest BCUT2D eigenvalue weighted by molar-refractivity contribution is 6.07. The molecule has 0 bridgehead atoms. The van der Waals surface area contributed by atoms with Gasteiger partial charge in [0.1, 0.15) is 17.9 Å². The predicted octanol–water partition coefficient (Wildman–Crippen LogP) is 2.43. The van der Waals surface area contributed by atoms with Crippen LogP contribution in [0, 0.1) is 0 Å². The molecule has 0 amide bonds. The highest BCUT2D eigenvalue weighted by Gasteiger charge is 2.23. The number of pyridine rings is 1. The number of hydrogen-bond acceptors (Lipinski definition) is 6. The largest absolute Gasteiger partial charge is 0.374 e. The quantitative estimate of drug-likeness (QED) is 0.611. The highest BCUT2D eigenvalue weighted by Crippen LogP contribution is 2.32. The molecule has 1 aromatic carbocycles. The molecule has 7 nitrogen and oxygen atoms in total. The van der Waals surface area contributed by atoms with Crippen molar-refractivity contribution in [2.24, 2.45) is 0 Å². The number of benzene rings is 1. The van der Waals surface area contributed by atoms with E-state index >= 15 is 0 Å². The first-order valence-electron chi connectivity index (χ1n) is 10.5. The van der Waals surface area contributed by atoms with Gasteiger partial charge >= 0.3 is 0 Å². The number of fused-ring (bicyclic) bond motifs is 3. The van der Waals surface area contributed by atoms with Crippen molar-refractivity contribution < 1.29 is 4.74 Å². The fraction of sp³-hybridized carbons (Fsp3) is 0.545. The van der Waals surface area contributed by atoms with Crippen molar-refractivity contribution in [2.45, 2.75) is 20.1 Å². The van der Waals surface area contributed by atoms with Gasteiger partial charge in [-0.3, -0.25) is 0 Å². The minimum absolute atomic E-state index is 0.523. The minimum Gasteiger partial charge on any atom is -0.374 e. The second-order valence-electron chi connectivity index (χ2n) is 8.06. The molecule has 0 unspecified atom stereocenters. The zero-order valence-corrected chi connectivity index (χ0v) is 18.1. The fourth-order valence-electron chi connectivity index (χ4n) is 3.95. The third kappa shape index (κ3) is 4.08. The highest BCUT2D eigenvalue weighted by atomic mass is 16.5. The van der Waals surface area contributed by atoms with Gasteiger partial charge in [0.25, 0.3) is 0 Å². The standard InChI is InChI=1S/C22H32N6O/c1-5-29-16-19-24-20-21(28(19)15-10-25(2)3)17-8-6-7-9-18(17)23-22(20)27-13-11-26(4)12-14-27/h6-9H,5,10-16H2,1-4H3. The second-order valence-corrected chi connectivity index (χ2v) is 8.06. The van der Waals surface area contributed by atoms with Crippen LogP contribution in [0.2, 0.25) is 0 Å². The summed E-state index contributed by atoms with van der Waals surface area (Å²) in [6.07, 6.45) is 0. The normalized spacial score (nSPS) is 15.8. The van der Waals surface area contributed by atoms with Crippen LogP contribution in [0.4, 0.5) is 5.82 Å². The first kappa shape index (κ1) is 20.1. The molecule has 0 atom stereocenters. The number of imidazole rings is 1. The zero-order chi connectivity index (χ0) is 20.4. The number of anilines is 1. The van der Waals surface area contributed by atoms with Gasteiger partial charge in [0.15, 0.2) is 5.82 Å². The van der Waals surface area contributed by atoms with Gasteiger partial charge in [-0.2, -0.15) is 0 Å². The lowest BCUT2D eigenvalue weighted by atomic mass is 10.1. The molecule has 2 aromatic heterocycles. The molecule has 1 fully saturated rings. The summed E-state index contributed by atoms with van der Waals surface area (Å²) in [5.41, 5.74) is 3.21. The van der Waals surface area contributed by atoms with Crippen molar-refractivity contribution >= 4 is 27.8 Å².